The SMILES string of the molecule is COc1ccc(CC(=O)N2C[C@@H](C(N)=O)[C@H](c3nc(C)no3)C2)cc1Cl. The van der Waals surface area contributed by atoms with Gasteiger partial charge in [-0.05, 0) is 24.6 Å². The predicted octanol–water partition coefficient (Wildman–Crippen LogP) is 1.31. The van der Waals surface area contributed by atoms with Gasteiger partial charge in [-0.3, -0.25) is 9.59 Å². The van der Waals surface area contributed by atoms with Crippen LogP contribution in [0.1, 0.15) is 23.2 Å². The van der Waals surface area contributed by atoms with Crippen LogP contribution in [-0.2, 0) is 16.0 Å². The highest BCUT2D eigenvalue weighted by molar-refractivity contribution is 6.32. The highest BCUT2D eigenvalue weighted by Crippen LogP contribution is 2.32. The third kappa shape index (κ3) is 3.65. The van der Waals surface area contributed by atoms with Crippen molar-refractivity contribution in [1.82, 2.24) is 15.0 Å². The fraction of sp³-hybridized carbons (Fsp3) is 0.412. The second kappa shape index (κ2) is 7.33. The number of nitrogens with two attached hydrogens (primary N) is 1. The van der Waals surface area contributed by atoms with E-state index in [1.165, 1.54) is 7.11 Å². The lowest BCUT2D eigenvalue weighted by Crippen LogP contribution is -2.32. The Hall–Kier alpha value is -2.61. The van der Waals surface area contributed by atoms with E-state index in [2.05, 4.69) is 10.1 Å². The Morgan fingerprint density at radius 1 is 1.42 bits per heavy atom. The summed E-state index contributed by atoms with van der Waals surface area (Å²) in [6, 6.07) is 5.19. The van der Waals surface area contributed by atoms with Gasteiger partial charge in [0.2, 0.25) is 17.7 Å². The van der Waals surface area contributed by atoms with Gasteiger partial charge in [0.1, 0.15) is 5.75 Å². The summed E-state index contributed by atoms with van der Waals surface area (Å²) in [5.41, 5.74) is 6.26. The van der Waals surface area contributed by atoms with E-state index in [4.69, 9.17) is 26.6 Å². The molecule has 2 amide bonds. The second-order valence-corrected chi connectivity index (χ2v) is 6.65. The summed E-state index contributed by atoms with van der Waals surface area (Å²) in [6.07, 6.45) is 0.158. The minimum atomic E-state index is -0.557. The van der Waals surface area contributed by atoms with Crippen molar-refractivity contribution in [3.8, 4) is 5.75 Å². The number of ether oxygens (including phenoxy) is 1. The number of primary amides is 1. The molecule has 1 fully saturated rings. The van der Waals surface area contributed by atoms with E-state index in [1.807, 2.05) is 0 Å². The molecule has 2 atom stereocenters. The van der Waals surface area contributed by atoms with Crippen molar-refractivity contribution in [3.05, 3.63) is 40.5 Å². The van der Waals surface area contributed by atoms with Crippen LogP contribution >= 0.6 is 11.6 Å². The molecular weight excluding hydrogens is 360 g/mol. The summed E-state index contributed by atoms with van der Waals surface area (Å²) in [5.74, 6) is -0.222. The molecule has 0 bridgehead atoms. The molecule has 9 heteroatoms. The number of hydrogen-bond acceptors (Lipinski definition) is 6. The van der Waals surface area contributed by atoms with Crippen LogP contribution in [-0.4, -0.2) is 47.1 Å². The van der Waals surface area contributed by atoms with Crippen molar-refractivity contribution in [2.24, 2.45) is 11.7 Å². The number of halogens is 1. The van der Waals surface area contributed by atoms with Crippen molar-refractivity contribution in [2.45, 2.75) is 19.3 Å². The third-order valence-electron chi connectivity index (χ3n) is 4.47. The van der Waals surface area contributed by atoms with E-state index in [0.29, 0.717) is 29.0 Å². The smallest absolute Gasteiger partial charge is 0.232 e. The van der Waals surface area contributed by atoms with E-state index in [0.717, 1.165) is 5.56 Å². The molecule has 0 spiro atoms. The first-order valence-electron chi connectivity index (χ1n) is 8.08. The lowest BCUT2D eigenvalue weighted by molar-refractivity contribution is -0.129. The molecule has 2 aromatic rings. The Morgan fingerprint density at radius 3 is 2.77 bits per heavy atom. The van der Waals surface area contributed by atoms with Gasteiger partial charge >= 0.3 is 0 Å². The van der Waals surface area contributed by atoms with Gasteiger partial charge in [-0.25, -0.2) is 0 Å². The number of hydrogen-bond donors (Lipinski definition) is 1. The molecule has 0 radical (unpaired) electrons. The standard InChI is InChI=1S/C17H19ClN4O4/c1-9-20-17(26-21-9)12-8-22(7-11(12)16(19)24)15(23)6-10-3-4-14(25-2)13(18)5-10/h3-5,11-12H,6-8H2,1-2H3,(H2,19,24)/t11-,12-/m1/s1. The van der Waals surface area contributed by atoms with Gasteiger partial charge in [0, 0.05) is 13.1 Å². The molecule has 8 nitrogen and oxygen atoms in total. The topological polar surface area (TPSA) is 112 Å². The van der Waals surface area contributed by atoms with Crippen molar-refractivity contribution in [3.63, 3.8) is 0 Å². The van der Waals surface area contributed by atoms with Crippen LogP contribution in [0.25, 0.3) is 0 Å². The molecule has 0 saturated carbocycles. The molecule has 3 rings (SSSR count). The van der Waals surface area contributed by atoms with Crippen molar-refractivity contribution < 1.29 is 18.8 Å². The van der Waals surface area contributed by atoms with Gasteiger partial charge in [0.25, 0.3) is 0 Å². The molecule has 1 aromatic carbocycles. The highest BCUT2D eigenvalue weighted by Gasteiger charge is 2.42. The second-order valence-electron chi connectivity index (χ2n) is 6.24. The fourth-order valence-electron chi connectivity index (χ4n) is 3.12. The zero-order valence-corrected chi connectivity index (χ0v) is 15.2. The minimum absolute atomic E-state index is 0.128. The summed E-state index contributed by atoms with van der Waals surface area (Å²) in [6.45, 7) is 2.22. The van der Waals surface area contributed by atoms with Crippen molar-refractivity contribution in [1.29, 1.82) is 0 Å². The lowest BCUT2D eigenvalue weighted by atomic mass is 9.95. The number of rotatable bonds is 5. The van der Waals surface area contributed by atoms with Gasteiger partial charge in [-0.15, -0.1) is 0 Å². The molecule has 1 aliphatic heterocycles. The van der Waals surface area contributed by atoms with Gasteiger partial charge in [-0.1, -0.05) is 22.8 Å². The quantitative estimate of drug-likeness (QED) is 0.839. The van der Waals surface area contributed by atoms with Crippen LogP contribution in [0.15, 0.2) is 22.7 Å². The first kappa shape index (κ1) is 18.2. The number of likely N-dealkylation sites (tertiary alicyclic amines) is 1. The van der Waals surface area contributed by atoms with Crippen molar-refractivity contribution >= 4 is 23.4 Å². The van der Waals surface area contributed by atoms with E-state index >= 15 is 0 Å². The predicted molar refractivity (Wildman–Crippen MR) is 92.7 cm³/mol. The number of amides is 2. The van der Waals surface area contributed by atoms with Gasteiger partial charge in [-0.2, -0.15) is 4.98 Å². The van der Waals surface area contributed by atoms with E-state index < -0.39 is 17.7 Å². The van der Waals surface area contributed by atoms with Gasteiger partial charge in [0.15, 0.2) is 5.82 Å². The Labute approximate surface area is 155 Å². The Balaban J connectivity index is 1.73. The van der Waals surface area contributed by atoms with Crippen LogP contribution in [0.3, 0.4) is 0 Å². The molecule has 138 valence electrons. The molecule has 1 aromatic heterocycles. The number of nitrogens with zero attached hydrogens (tertiary/aromatic N) is 3. The van der Waals surface area contributed by atoms with E-state index in [-0.39, 0.29) is 18.9 Å². The third-order valence-corrected chi connectivity index (χ3v) is 4.77. The zero-order chi connectivity index (χ0) is 18.8. The van der Waals surface area contributed by atoms with Gasteiger partial charge in [0.05, 0.1) is 30.4 Å². The number of aromatic nitrogens is 2. The molecule has 1 aliphatic rings. The maximum atomic E-state index is 12.7. The summed E-state index contributed by atoms with van der Waals surface area (Å²) >= 11 is 6.10. The number of carbonyl (C=O) groups excluding carboxylic acids is 2. The van der Waals surface area contributed by atoms with Crippen molar-refractivity contribution in [2.75, 3.05) is 20.2 Å². The molecular formula is C17H19ClN4O4. The van der Waals surface area contributed by atoms with Crippen LogP contribution in [0, 0.1) is 12.8 Å². The fourth-order valence-corrected chi connectivity index (χ4v) is 3.40. The number of carbonyl (C=O) groups is 2. The maximum absolute atomic E-state index is 12.7. The number of methoxy groups -OCH3 is 1. The first-order chi connectivity index (χ1) is 12.4. The maximum Gasteiger partial charge on any atom is 0.232 e. The Kier molecular flexibility index (Phi) is 5.13. The molecule has 26 heavy (non-hydrogen) atoms. The van der Waals surface area contributed by atoms with E-state index in [1.54, 1.807) is 30.0 Å². The molecule has 1 saturated heterocycles. The molecule has 2 N–H and O–H groups in total. The number of benzene rings is 1. The first-order valence-corrected chi connectivity index (χ1v) is 8.46. The summed E-state index contributed by atoms with van der Waals surface area (Å²) in [7, 11) is 1.53. The lowest BCUT2D eigenvalue weighted by Gasteiger charge is -2.16. The van der Waals surface area contributed by atoms with Crippen LogP contribution in [0.2, 0.25) is 5.02 Å². The van der Waals surface area contributed by atoms with Gasteiger partial charge < -0.3 is 19.9 Å². The van der Waals surface area contributed by atoms with E-state index in [9.17, 15) is 9.59 Å². The Bertz CT molecular complexity index is 838. The normalized spacial score (nSPS) is 19.6. The van der Waals surface area contributed by atoms with Crippen LogP contribution in [0.5, 0.6) is 5.75 Å². The average Bonchev–Trinajstić information content (AvgIpc) is 3.21. The highest BCUT2D eigenvalue weighted by atomic mass is 35.5. The largest absolute Gasteiger partial charge is 0.495 e. The minimum Gasteiger partial charge on any atom is -0.495 e. The molecule has 2 heterocycles. The summed E-state index contributed by atoms with van der Waals surface area (Å²) < 4.78 is 10.3. The monoisotopic (exact) mass is 378 g/mol. The zero-order valence-electron chi connectivity index (χ0n) is 14.4. The van der Waals surface area contributed by atoms with Crippen LogP contribution < -0.4 is 10.5 Å². The summed E-state index contributed by atoms with van der Waals surface area (Å²) in [4.78, 5) is 30.2. The molecule has 0 aliphatic carbocycles. The number of aryl methyl sites for hydroxylation is 1. The Morgan fingerprint density at radius 2 is 2.19 bits per heavy atom. The average molecular weight is 379 g/mol. The van der Waals surface area contributed by atoms with Crippen LogP contribution in [0.4, 0.5) is 0 Å². The molecule has 0 unspecified atom stereocenters. The summed E-state index contributed by atoms with van der Waals surface area (Å²) in [5, 5.41) is 4.19.